The van der Waals surface area contributed by atoms with E-state index in [1.165, 1.54) is 6.92 Å². The molecule has 0 unspecified atom stereocenters. The lowest BCUT2D eigenvalue weighted by Gasteiger charge is -1.94. The highest BCUT2D eigenvalue weighted by Gasteiger charge is 1.93. The van der Waals surface area contributed by atoms with E-state index in [1.807, 2.05) is 13.8 Å². The van der Waals surface area contributed by atoms with Crippen molar-refractivity contribution < 1.29 is 11.0 Å². The Morgan fingerprint density at radius 1 is 1.55 bits per heavy atom. The molecule has 0 aliphatic heterocycles. The number of carbonyl (C=O) groups excluding carboxylic acids is 2. The van der Waals surface area contributed by atoms with Gasteiger partial charge in [0.15, 0.2) is 0 Å². The van der Waals surface area contributed by atoms with Crippen molar-refractivity contribution in [3.63, 3.8) is 0 Å². The third-order valence-corrected chi connectivity index (χ3v) is 0.697. The molecular weight excluding hydrogens is 142 g/mol. The first-order chi connectivity index (χ1) is 5.16. The summed E-state index contributed by atoms with van der Waals surface area (Å²) in [7, 11) is 0. The summed E-state index contributed by atoms with van der Waals surface area (Å²) >= 11 is 0. The van der Waals surface area contributed by atoms with Crippen molar-refractivity contribution in [2.45, 2.75) is 20.8 Å². The summed E-state index contributed by atoms with van der Waals surface area (Å²) in [6.07, 6.45) is 1.13. The second kappa shape index (κ2) is 8.88. The highest BCUT2D eigenvalue weighted by atomic mass is 16.2. The lowest BCUT2D eigenvalue weighted by atomic mass is 10.4. The molecule has 0 saturated heterocycles. The Bertz CT molecular complexity index is 146. The van der Waals surface area contributed by atoms with Crippen LogP contribution in [0, 0.1) is 0 Å². The van der Waals surface area contributed by atoms with E-state index in [1.54, 1.807) is 0 Å². The van der Waals surface area contributed by atoms with E-state index in [0.717, 1.165) is 6.08 Å². The molecule has 0 aromatic rings. The van der Waals surface area contributed by atoms with Gasteiger partial charge in [0.05, 0.1) is 6.54 Å². The summed E-state index contributed by atoms with van der Waals surface area (Å²) in [4.78, 5) is 20.5. The molecule has 0 atom stereocenters. The maximum absolute atomic E-state index is 10.3. The van der Waals surface area contributed by atoms with Crippen LogP contribution in [0.2, 0.25) is 0 Å². The minimum Gasteiger partial charge on any atom is -0.346 e. The number of hydrogen-bond donors (Lipinski definition) is 1. The SMILES string of the molecule is C=CC(=O)NCC(C)=O.CC.[HH]. The first-order valence-corrected chi connectivity index (χ1v) is 3.56. The second-order valence-electron chi connectivity index (χ2n) is 1.62. The molecule has 0 aromatic heterocycles. The Morgan fingerprint density at radius 3 is 2.27 bits per heavy atom. The molecule has 66 valence electrons. The molecule has 0 rings (SSSR count). The van der Waals surface area contributed by atoms with E-state index in [-0.39, 0.29) is 19.7 Å². The van der Waals surface area contributed by atoms with Gasteiger partial charge in [0.2, 0.25) is 5.91 Å². The van der Waals surface area contributed by atoms with Crippen molar-refractivity contribution in [2.24, 2.45) is 0 Å². The normalized spacial score (nSPS) is 7.18. The van der Waals surface area contributed by atoms with Gasteiger partial charge in [0, 0.05) is 1.43 Å². The van der Waals surface area contributed by atoms with Crippen molar-refractivity contribution in [1.29, 1.82) is 0 Å². The van der Waals surface area contributed by atoms with E-state index >= 15 is 0 Å². The lowest BCUT2D eigenvalue weighted by molar-refractivity contribution is -0.121. The predicted octanol–water partition coefficient (Wildman–Crippen LogP) is 1.15. The fraction of sp³-hybridized carbons (Fsp3) is 0.500. The van der Waals surface area contributed by atoms with Crippen molar-refractivity contribution in [1.82, 2.24) is 5.32 Å². The van der Waals surface area contributed by atoms with E-state index in [0.29, 0.717) is 0 Å². The Hall–Kier alpha value is -1.12. The topological polar surface area (TPSA) is 46.2 Å². The Labute approximate surface area is 69.0 Å². The average molecular weight is 159 g/mol. The minimum atomic E-state index is -0.315. The Balaban J connectivity index is -0.000000249. The van der Waals surface area contributed by atoms with Gasteiger partial charge in [-0.25, -0.2) is 0 Å². The summed E-state index contributed by atoms with van der Waals surface area (Å²) in [6.45, 7) is 8.71. The van der Waals surface area contributed by atoms with Crippen LogP contribution >= 0.6 is 0 Å². The van der Waals surface area contributed by atoms with Crippen LogP contribution in [0.1, 0.15) is 22.2 Å². The lowest BCUT2D eigenvalue weighted by Crippen LogP contribution is -2.26. The smallest absolute Gasteiger partial charge is 0.243 e. The molecule has 0 aliphatic carbocycles. The van der Waals surface area contributed by atoms with E-state index in [4.69, 9.17) is 0 Å². The molecule has 1 N–H and O–H groups in total. The van der Waals surface area contributed by atoms with Crippen LogP contribution in [0.15, 0.2) is 12.7 Å². The Kier molecular flexibility index (Phi) is 10.1. The molecule has 0 bridgehead atoms. The van der Waals surface area contributed by atoms with Crippen LogP contribution < -0.4 is 5.32 Å². The third-order valence-electron chi connectivity index (χ3n) is 0.697. The molecule has 1 amide bonds. The number of amides is 1. The molecule has 0 saturated carbocycles. The first-order valence-electron chi connectivity index (χ1n) is 3.56. The highest BCUT2D eigenvalue weighted by molar-refractivity contribution is 5.90. The van der Waals surface area contributed by atoms with Crippen LogP contribution in [0.4, 0.5) is 0 Å². The first kappa shape index (κ1) is 12.5. The summed E-state index contributed by atoms with van der Waals surface area (Å²) < 4.78 is 0. The number of Topliss-reactive ketones (excluding diaryl/α,β-unsaturated/α-hetero) is 1. The largest absolute Gasteiger partial charge is 0.346 e. The molecule has 0 aromatic carbocycles. The summed E-state index contributed by atoms with van der Waals surface area (Å²) in [5.74, 6) is -0.379. The number of carbonyl (C=O) groups is 2. The van der Waals surface area contributed by atoms with Crippen LogP contribution in [0.5, 0.6) is 0 Å². The fourth-order valence-electron chi connectivity index (χ4n) is 0.284. The molecule has 0 aliphatic rings. The van der Waals surface area contributed by atoms with E-state index in [2.05, 4.69) is 11.9 Å². The molecule has 3 nitrogen and oxygen atoms in total. The van der Waals surface area contributed by atoms with Gasteiger partial charge in [-0.3, -0.25) is 9.59 Å². The summed E-state index contributed by atoms with van der Waals surface area (Å²) in [6, 6.07) is 0. The van der Waals surface area contributed by atoms with Crippen molar-refractivity contribution in [2.75, 3.05) is 6.54 Å². The number of rotatable bonds is 3. The molecule has 0 fully saturated rings. The van der Waals surface area contributed by atoms with Crippen LogP contribution in [0.25, 0.3) is 0 Å². The van der Waals surface area contributed by atoms with Gasteiger partial charge in [-0.15, -0.1) is 0 Å². The molecule has 11 heavy (non-hydrogen) atoms. The van der Waals surface area contributed by atoms with Gasteiger partial charge in [-0.2, -0.15) is 0 Å². The average Bonchev–Trinajstić information content (AvgIpc) is 2.04. The Morgan fingerprint density at radius 2 is 2.00 bits per heavy atom. The second-order valence-corrected chi connectivity index (χ2v) is 1.62. The van der Waals surface area contributed by atoms with Crippen molar-refractivity contribution >= 4 is 11.7 Å². The van der Waals surface area contributed by atoms with Crippen molar-refractivity contribution in [3.05, 3.63) is 12.7 Å². The minimum absolute atomic E-state index is 0. The molecule has 3 heteroatoms. The maximum Gasteiger partial charge on any atom is 0.243 e. The van der Waals surface area contributed by atoms with Gasteiger partial charge < -0.3 is 5.32 Å². The number of nitrogens with one attached hydrogen (secondary N) is 1. The summed E-state index contributed by atoms with van der Waals surface area (Å²) in [5.41, 5.74) is 0. The van der Waals surface area contributed by atoms with Gasteiger partial charge in [-0.1, -0.05) is 20.4 Å². The number of hydrogen-bond acceptors (Lipinski definition) is 2. The predicted molar refractivity (Wildman–Crippen MR) is 47.3 cm³/mol. The molecule has 0 radical (unpaired) electrons. The molecular formula is C8H17NO2. The van der Waals surface area contributed by atoms with E-state index in [9.17, 15) is 9.59 Å². The van der Waals surface area contributed by atoms with Crippen LogP contribution in [0.3, 0.4) is 0 Å². The quantitative estimate of drug-likeness (QED) is 0.628. The zero-order valence-corrected chi connectivity index (χ0v) is 7.31. The molecule has 0 spiro atoms. The fourth-order valence-corrected chi connectivity index (χ4v) is 0.284. The van der Waals surface area contributed by atoms with Crippen LogP contribution in [-0.2, 0) is 9.59 Å². The van der Waals surface area contributed by atoms with Crippen molar-refractivity contribution in [3.8, 4) is 0 Å². The zero-order chi connectivity index (χ0) is 9.28. The standard InChI is InChI=1S/C6H9NO2.C2H6.H2/c1-3-6(9)7-4-5(2)8;1-2;/h3H,1,4H2,2H3,(H,7,9);1-2H3;1H. The third kappa shape index (κ3) is 12.2. The zero-order valence-electron chi connectivity index (χ0n) is 7.31. The van der Waals surface area contributed by atoms with Gasteiger partial charge >= 0.3 is 0 Å². The van der Waals surface area contributed by atoms with E-state index < -0.39 is 0 Å². The summed E-state index contributed by atoms with van der Waals surface area (Å²) in [5, 5.41) is 2.33. The van der Waals surface area contributed by atoms with Gasteiger partial charge in [0.1, 0.15) is 5.78 Å². The number of ketones is 1. The monoisotopic (exact) mass is 159 g/mol. The van der Waals surface area contributed by atoms with Crippen LogP contribution in [-0.4, -0.2) is 18.2 Å². The van der Waals surface area contributed by atoms with Gasteiger partial charge in [0.25, 0.3) is 0 Å². The maximum atomic E-state index is 10.3. The highest BCUT2D eigenvalue weighted by Crippen LogP contribution is 1.67. The van der Waals surface area contributed by atoms with Gasteiger partial charge in [-0.05, 0) is 13.0 Å². The molecule has 0 heterocycles.